The van der Waals surface area contributed by atoms with Crippen molar-refractivity contribution in [2.45, 2.75) is 0 Å². The molecule has 0 unspecified atom stereocenters. The number of thiophene rings is 3. The summed E-state index contributed by atoms with van der Waals surface area (Å²) in [6.45, 7) is 0. The summed E-state index contributed by atoms with van der Waals surface area (Å²) in [6, 6.07) is 145. The third-order valence-electron chi connectivity index (χ3n) is 24.3. The van der Waals surface area contributed by atoms with E-state index in [2.05, 4.69) is 407 Å². The van der Waals surface area contributed by atoms with Gasteiger partial charge in [0.25, 0.3) is 0 Å². The third kappa shape index (κ3) is 9.76. The highest BCUT2D eigenvalue weighted by atomic mass is 32.1. The Balaban J connectivity index is 0.611. The standard InChI is InChI=1S/C108H64N4S3/c1-3-23-65(24-4-1)67-25-19-26-69(57-67)86-61-74(62-90-81-32-12-18-46-102(81)114-107(86)90)111-93-39-13-7-29-78(93)87-59-71(49-54-97(87)111)77-36-22-44-100-105(77)85-34-10-16-42-96(85)110(100)73-52-47-66(48-53-73)68-51-56-103-89(58-68)92-64-75(63-91(108(92)115-103)83-38-20-37-82-80-31-11-17-45-101(80)113-106(82)83)112-94-40-14-8-30-79(94)88-60-70(50-55-98(88)112)76-35-21-43-99-104(76)84-33-9-15-41-95(84)109(99)72-27-5-2-6-28-72/h1-64H. The van der Waals surface area contributed by atoms with Gasteiger partial charge in [0.15, 0.2) is 0 Å². The quantitative estimate of drug-likeness (QED) is 0.130. The van der Waals surface area contributed by atoms with Crippen LogP contribution in [-0.2, 0) is 0 Å². The number of rotatable bonds is 10. The first-order valence-electron chi connectivity index (χ1n) is 39.3. The molecule has 25 aromatic rings. The summed E-state index contributed by atoms with van der Waals surface area (Å²) < 4.78 is 17.7. The molecule has 7 heterocycles. The van der Waals surface area contributed by atoms with Crippen LogP contribution in [0.1, 0.15) is 0 Å². The van der Waals surface area contributed by atoms with Crippen LogP contribution in [0, 0.1) is 0 Å². The molecule has 0 atom stereocenters. The van der Waals surface area contributed by atoms with E-state index in [-0.39, 0.29) is 0 Å². The summed E-state index contributed by atoms with van der Waals surface area (Å²) >= 11 is 5.70. The van der Waals surface area contributed by atoms with Crippen molar-refractivity contribution >= 4 is 182 Å². The normalized spacial score (nSPS) is 12.2. The summed E-state index contributed by atoms with van der Waals surface area (Å²) in [7, 11) is 0. The number of fused-ring (bicyclic) bond motifs is 21. The fourth-order valence-electron chi connectivity index (χ4n) is 19.3. The summed E-state index contributed by atoms with van der Waals surface area (Å²) in [5.41, 5.74) is 28.5. The minimum atomic E-state index is 1.12. The van der Waals surface area contributed by atoms with E-state index in [0.29, 0.717) is 0 Å². The maximum Gasteiger partial charge on any atom is 0.0547 e. The maximum absolute atomic E-state index is 2.53. The Morgan fingerprint density at radius 3 is 1.10 bits per heavy atom. The Labute approximate surface area is 672 Å². The molecule has 0 aliphatic heterocycles. The Bertz CT molecular complexity index is 8410. The van der Waals surface area contributed by atoms with Crippen LogP contribution in [0.2, 0.25) is 0 Å². The van der Waals surface area contributed by atoms with Gasteiger partial charge in [0.1, 0.15) is 0 Å². The number of hydrogen-bond acceptors (Lipinski definition) is 3. The Kier molecular flexibility index (Phi) is 14.1. The van der Waals surface area contributed by atoms with E-state index < -0.39 is 0 Å². The molecule has 0 bridgehead atoms. The zero-order valence-electron chi connectivity index (χ0n) is 62.0. The molecule has 534 valence electrons. The summed E-state index contributed by atoms with van der Waals surface area (Å²) in [6.07, 6.45) is 0. The van der Waals surface area contributed by atoms with E-state index in [0.717, 1.165) is 22.7 Å². The predicted molar refractivity (Wildman–Crippen MR) is 495 cm³/mol. The molecule has 0 spiro atoms. The van der Waals surface area contributed by atoms with Crippen molar-refractivity contribution in [1.82, 2.24) is 18.3 Å². The molecule has 0 N–H and O–H groups in total. The van der Waals surface area contributed by atoms with Crippen LogP contribution in [-0.4, -0.2) is 18.3 Å². The summed E-state index contributed by atoms with van der Waals surface area (Å²) in [5.74, 6) is 0. The minimum Gasteiger partial charge on any atom is -0.309 e. The van der Waals surface area contributed by atoms with Crippen molar-refractivity contribution in [3.8, 4) is 89.5 Å². The zero-order chi connectivity index (χ0) is 75.1. The van der Waals surface area contributed by atoms with Gasteiger partial charge in [-0.25, -0.2) is 0 Å². The van der Waals surface area contributed by atoms with Gasteiger partial charge in [-0.2, -0.15) is 0 Å². The minimum absolute atomic E-state index is 1.12. The third-order valence-corrected chi connectivity index (χ3v) is 28.0. The lowest BCUT2D eigenvalue weighted by Gasteiger charge is -2.14. The lowest BCUT2D eigenvalue weighted by atomic mass is 9.97. The molecule has 0 amide bonds. The van der Waals surface area contributed by atoms with Crippen LogP contribution in [0.4, 0.5) is 0 Å². The number of aromatic nitrogens is 4. The van der Waals surface area contributed by atoms with Crippen LogP contribution >= 0.6 is 34.0 Å². The molecule has 0 saturated heterocycles. The van der Waals surface area contributed by atoms with Crippen molar-refractivity contribution in [2.75, 3.05) is 0 Å². The molecule has 25 rings (SSSR count). The fraction of sp³-hybridized carbons (Fsp3) is 0. The van der Waals surface area contributed by atoms with Gasteiger partial charge in [-0.1, -0.05) is 249 Å². The summed E-state index contributed by atoms with van der Waals surface area (Å²) in [5, 5.41) is 17.5. The second kappa shape index (κ2) is 25.2. The smallest absolute Gasteiger partial charge is 0.0547 e. The lowest BCUT2D eigenvalue weighted by molar-refractivity contribution is 1.18. The monoisotopic (exact) mass is 1510 g/mol. The van der Waals surface area contributed by atoms with Gasteiger partial charge < -0.3 is 18.3 Å². The van der Waals surface area contributed by atoms with E-state index >= 15 is 0 Å². The van der Waals surface area contributed by atoms with Gasteiger partial charge in [0.05, 0.1) is 44.1 Å². The van der Waals surface area contributed by atoms with Gasteiger partial charge in [-0.15, -0.1) is 34.0 Å². The summed E-state index contributed by atoms with van der Waals surface area (Å²) in [4.78, 5) is 0. The van der Waals surface area contributed by atoms with Crippen LogP contribution in [0.5, 0.6) is 0 Å². The van der Waals surface area contributed by atoms with E-state index in [1.165, 1.54) is 215 Å². The molecule has 0 aliphatic carbocycles. The lowest BCUT2D eigenvalue weighted by Crippen LogP contribution is -1.95. The van der Waals surface area contributed by atoms with E-state index in [4.69, 9.17) is 0 Å². The number of nitrogens with zero attached hydrogens (tertiary/aromatic N) is 4. The Morgan fingerprint density at radius 1 is 0.148 bits per heavy atom. The maximum atomic E-state index is 2.53. The highest BCUT2D eigenvalue weighted by Gasteiger charge is 2.26. The number of hydrogen-bond donors (Lipinski definition) is 0. The first kappa shape index (κ1) is 64.5. The van der Waals surface area contributed by atoms with Crippen molar-refractivity contribution in [3.63, 3.8) is 0 Å². The van der Waals surface area contributed by atoms with E-state index in [1.807, 2.05) is 34.0 Å². The van der Waals surface area contributed by atoms with E-state index in [1.54, 1.807) is 0 Å². The molecule has 115 heavy (non-hydrogen) atoms. The van der Waals surface area contributed by atoms with Gasteiger partial charge >= 0.3 is 0 Å². The molecule has 0 aliphatic rings. The average Bonchev–Trinajstić information content (AvgIpc) is 1.57. The Hall–Kier alpha value is -14.2. The largest absolute Gasteiger partial charge is 0.309 e. The predicted octanol–water partition coefficient (Wildman–Crippen LogP) is 31.2. The van der Waals surface area contributed by atoms with Crippen molar-refractivity contribution in [1.29, 1.82) is 0 Å². The molecule has 0 fully saturated rings. The van der Waals surface area contributed by atoms with Gasteiger partial charge in [-0.05, 0) is 190 Å². The molecule has 0 saturated carbocycles. The zero-order valence-corrected chi connectivity index (χ0v) is 64.4. The first-order valence-corrected chi connectivity index (χ1v) is 41.8. The second-order valence-corrected chi connectivity index (χ2v) is 33.7. The number of benzene rings is 18. The topological polar surface area (TPSA) is 19.7 Å². The number of para-hydroxylation sites is 5. The van der Waals surface area contributed by atoms with Gasteiger partial charge in [0.2, 0.25) is 0 Å². The van der Waals surface area contributed by atoms with Crippen molar-refractivity contribution < 1.29 is 0 Å². The SMILES string of the molecule is c1ccc(-c2cccc(-c3cc(-n4c5ccccc5c5cc(-c6cccc7c6c6ccccc6n7-c6ccc(-c7ccc8sc9c(-c%10cccc%11c%10sc%10ccccc%10%11)cc(-n%10c%11ccccc%11c%11cc(-c%12cccc%13c%12c%12ccccc%12n%13-c%12ccccc%12)ccc%11%10)cc9c8c7)cc6)ccc54)cc4c3sc3ccccc34)c2)cc1. The van der Waals surface area contributed by atoms with Crippen LogP contribution < -0.4 is 0 Å². The molecule has 18 aromatic carbocycles. The molecule has 7 heteroatoms. The Morgan fingerprint density at radius 2 is 0.496 bits per heavy atom. The molecular weight excluding hydrogens is 1450 g/mol. The van der Waals surface area contributed by atoms with Crippen LogP contribution in [0.3, 0.4) is 0 Å². The fourth-order valence-corrected chi connectivity index (χ4v) is 22.9. The van der Waals surface area contributed by atoms with Crippen LogP contribution in [0.15, 0.2) is 388 Å². The average molecular weight is 1510 g/mol. The van der Waals surface area contributed by atoms with E-state index in [9.17, 15) is 0 Å². The first-order chi connectivity index (χ1) is 57.0. The highest BCUT2D eigenvalue weighted by molar-refractivity contribution is 7.27. The van der Waals surface area contributed by atoms with Crippen molar-refractivity contribution in [3.05, 3.63) is 388 Å². The molecule has 4 nitrogen and oxygen atoms in total. The molecule has 0 radical (unpaired) electrons. The van der Waals surface area contributed by atoms with Gasteiger partial charge in [-0.3, -0.25) is 0 Å². The highest BCUT2D eigenvalue weighted by Crippen LogP contribution is 2.51. The second-order valence-electron chi connectivity index (χ2n) is 30.5. The van der Waals surface area contributed by atoms with Crippen LogP contribution in [0.25, 0.3) is 237 Å². The van der Waals surface area contributed by atoms with Gasteiger partial charge in [0, 0.05) is 143 Å². The van der Waals surface area contributed by atoms with Crippen molar-refractivity contribution in [2.24, 2.45) is 0 Å². The molecular formula is C108H64N4S3. The molecule has 7 aromatic heterocycles.